The molecule has 0 spiro atoms. The van der Waals surface area contributed by atoms with Crippen LogP contribution in [0.5, 0.6) is 0 Å². The van der Waals surface area contributed by atoms with Gasteiger partial charge in [-0.1, -0.05) is 23.7 Å². The Balaban J connectivity index is 1.14. The number of anilines is 1. The Morgan fingerprint density at radius 1 is 1.20 bits per heavy atom. The third kappa shape index (κ3) is 3.22. The molecule has 2 aromatic carbocycles. The molecule has 30 heavy (non-hydrogen) atoms. The van der Waals surface area contributed by atoms with Gasteiger partial charge in [-0.15, -0.1) is 11.8 Å². The van der Waals surface area contributed by atoms with E-state index < -0.39 is 0 Å². The van der Waals surface area contributed by atoms with E-state index in [4.69, 9.17) is 11.6 Å². The maximum atomic E-state index is 6.09. The molecule has 0 radical (unpaired) electrons. The fourth-order valence-electron chi connectivity index (χ4n) is 5.72. The lowest BCUT2D eigenvalue weighted by Crippen LogP contribution is -2.46. The van der Waals surface area contributed by atoms with Crippen LogP contribution in [-0.4, -0.2) is 53.1 Å². The summed E-state index contributed by atoms with van der Waals surface area (Å²) >= 11 is 8.15. The van der Waals surface area contributed by atoms with Crippen LogP contribution >= 0.6 is 23.4 Å². The number of piperidine rings is 1. The molecule has 6 heteroatoms. The lowest BCUT2D eigenvalue weighted by Gasteiger charge is -2.39. The lowest BCUT2D eigenvalue weighted by molar-refractivity contribution is 0.191. The molecule has 4 heterocycles. The Morgan fingerprint density at radius 3 is 3.13 bits per heavy atom. The highest BCUT2D eigenvalue weighted by molar-refractivity contribution is 7.99. The van der Waals surface area contributed by atoms with Gasteiger partial charge >= 0.3 is 0 Å². The van der Waals surface area contributed by atoms with Gasteiger partial charge in [0, 0.05) is 52.6 Å². The van der Waals surface area contributed by atoms with Gasteiger partial charge in [-0.25, -0.2) is 0 Å². The third-order valence-electron chi connectivity index (χ3n) is 7.08. The van der Waals surface area contributed by atoms with E-state index in [9.17, 15) is 0 Å². The van der Waals surface area contributed by atoms with Crippen molar-refractivity contribution < 1.29 is 0 Å². The number of fused-ring (bicyclic) bond motifs is 4. The molecule has 1 fully saturated rings. The minimum absolute atomic E-state index is 0.669. The van der Waals surface area contributed by atoms with Crippen molar-refractivity contribution >= 4 is 40.0 Å². The average Bonchev–Trinajstić information content (AvgIpc) is 3.21. The maximum Gasteiger partial charge on any atom is 0.0938 e. The normalized spacial score (nSPS) is 23.4. The summed E-state index contributed by atoms with van der Waals surface area (Å²) in [5.41, 5.74) is 5.38. The summed E-state index contributed by atoms with van der Waals surface area (Å²) in [5, 5.41) is 9.60. The summed E-state index contributed by atoms with van der Waals surface area (Å²) in [6.07, 6.45) is 4.78. The molecule has 0 amide bonds. The number of likely N-dealkylation sites (tertiary alicyclic amines) is 1. The Labute approximate surface area is 187 Å². The number of aromatic nitrogens is 2. The number of benzene rings is 2. The molecule has 0 unspecified atom stereocenters. The standard InChI is InChI=1S/C24H27ClN4S/c25-16-7-8-18-20(26-27-21(18)14-16)5-2-10-28-12-9-22-19(15-28)17-4-1-6-23-24(17)29(22)11-3-13-30-23/h1,4,6-8,14,19,22H,2-3,5,9-13,15H2,(H,26,27)/t19-,22-/m0/s1. The summed E-state index contributed by atoms with van der Waals surface area (Å²) in [6.45, 7) is 4.80. The molecule has 1 N–H and O–H groups in total. The maximum absolute atomic E-state index is 6.09. The number of aryl methyl sites for hydroxylation is 1. The molecular weight excluding hydrogens is 412 g/mol. The predicted octanol–water partition coefficient (Wildman–Crippen LogP) is 5.32. The lowest BCUT2D eigenvalue weighted by atomic mass is 9.89. The summed E-state index contributed by atoms with van der Waals surface area (Å²) in [4.78, 5) is 6.96. The monoisotopic (exact) mass is 438 g/mol. The molecule has 6 rings (SSSR count). The van der Waals surface area contributed by atoms with Crippen LogP contribution in [0.15, 0.2) is 41.3 Å². The molecular formula is C24H27ClN4S. The fourth-order valence-corrected chi connectivity index (χ4v) is 6.93. The van der Waals surface area contributed by atoms with E-state index in [-0.39, 0.29) is 0 Å². The van der Waals surface area contributed by atoms with Gasteiger partial charge in [-0.3, -0.25) is 5.10 Å². The van der Waals surface area contributed by atoms with Gasteiger partial charge < -0.3 is 9.80 Å². The van der Waals surface area contributed by atoms with E-state index >= 15 is 0 Å². The number of para-hydroxylation sites is 1. The number of nitrogens with one attached hydrogen (secondary N) is 1. The highest BCUT2D eigenvalue weighted by Crippen LogP contribution is 2.50. The van der Waals surface area contributed by atoms with Gasteiger partial charge in [0.05, 0.1) is 11.2 Å². The minimum Gasteiger partial charge on any atom is -0.367 e. The summed E-state index contributed by atoms with van der Waals surface area (Å²) in [6, 6.07) is 13.7. The van der Waals surface area contributed by atoms with Crippen LogP contribution in [-0.2, 0) is 6.42 Å². The molecule has 3 aliphatic heterocycles. The third-order valence-corrected chi connectivity index (χ3v) is 8.44. The van der Waals surface area contributed by atoms with Crippen LogP contribution in [0.25, 0.3) is 10.9 Å². The summed E-state index contributed by atoms with van der Waals surface area (Å²) in [7, 11) is 0. The van der Waals surface area contributed by atoms with Crippen molar-refractivity contribution in [1.29, 1.82) is 0 Å². The van der Waals surface area contributed by atoms with Gasteiger partial charge in [0.1, 0.15) is 0 Å². The number of halogens is 1. The van der Waals surface area contributed by atoms with E-state index in [1.807, 2.05) is 12.1 Å². The van der Waals surface area contributed by atoms with Gasteiger partial charge in [0.2, 0.25) is 0 Å². The Hall–Kier alpha value is -1.69. The topological polar surface area (TPSA) is 35.2 Å². The van der Waals surface area contributed by atoms with Gasteiger partial charge in [-0.05, 0) is 67.8 Å². The Kier molecular flexibility index (Phi) is 4.93. The van der Waals surface area contributed by atoms with Crippen molar-refractivity contribution in [3.63, 3.8) is 0 Å². The number of nitrogens with zero attached hydrogens (tertiary/aromatic N) is 3. The molecule has 2 atom stereocenters. The van der Waals surface area contributed by atoms with Gasteiger partial charge in [0.25, 0.3) is 0 Å². The SMILES string of the molecule is Clc1ccc2c(CCCN3CC[C@H]4[C@@H](C3)c3cccc5c3N4CCCS5)[nH]nc2c1. The van der Waals surface area contributed by atoms with Crippen LogP contribution < -0.4 is 4.90 Å². The van der Waals surface area contributed by atoms with E-state index in [2.05, 4.69) is 56.0 Å². The zero-order chi connectivity index (χ0) is 20.1. The van der Waals surface area contributed by atoms with Crippen molar-refractivity contribution in [3.05, 3.63) is 52.7 Å². The Morgan fingerprint density at radius 2 is 2.17 bits per heavy atom. The molecule has 3 aliphatic rings. The molecule has 0 saturated carbocycles. The Bertz CT molecular complexity index is 1080. The van der Waals surface area contributed by atoms with Crippen molar-refractivity contribution in [2.24, 2.45) is 0 Å². The van der Waals surface area contributed by atoms with Crippen LogP contribution in [0.4, 0.5) is 5.69 Å². The summed E-state index contributed by atoms with van der Waals surface area (Å²) < 4.78 is 0. The van der Waals surface area contributed by atoms with E-state index in [1.54, 1.807) is 11.3 Å². The van der Waals surface area contributed by atoms with E-state index in [0.29, 0.717) is 12.0 Å². The van der Waals surface area contributed by atoms with Gasteiger partial charge in [0.15, 0.2) is 0 Å². The highest BCUT2D eigenvalue weighted by atomic mass is 35.5. The quantitative estimate of drug-likeness (QED) is 0.597. The molecule has 1 aromatic heterocycles. The zero-order valence-electron chi connectivity index (χ0n) is 17.1. The molecule has 1 saturated heterocycles. The number of aromatic amines is 1. The van der Waals surface area contributed by atoms with E-state index in [0.717, 1.165) is 29.9 Å². The van der Waals surface area contributed by atoms with Crippen LogP contribution in [0, 0.1) is 0 Å². The predicted molar refractivity (Wildman–Crippen MR) is 126 cm³/mol. The number of hydrogen-bond donors (Lipinski definition) is 1. The zero-order valence-corrected chi connectivity index (χ0v) is 18.7. The van der Waals surface area contributed by atoms with Crippen LogP contribution in [0.1, 0.15) is 36.4 Å². The van der Waals surface area contributed by atoms with E-state index in [1.165, 1.54) is 54.2 Å². The van der Waals surface area contributed by atoms with Gasteiger partial charge in [-0.2, -0.15) is 5.10 Å². The van der Waals surface area contributed by atoms with Crippen molar-refractivity contribution in [2.45, 2.75) is 42.5 Å². The van der Waals surface area contributed by atoms with Crippen molar-refractivity contribution in [3.8, 4) is 0 Å². The first-order chi connectivity index (χ1) is 14.8. The largest absolute Gasteiger partial charge is 0.367 e. The molecule has 4 nitrogen and oxygen atoms in total. The first kappa shape index (κ1) is 19.0. The number of thioether (sulfide) groups is 1. The molecule has 156 valence electrons. The second kappa shape index (κ2) is 7.77. The smallest absolute Gasteiger partial charge is 0.0938 e. The van der Waals surface area contributed by atoms with Crippen LogP contribution in [0.3, 0.4) is 0 Å². The van der Waals surface area contributed by atoms with Crippen molar-refractivity contribution in [1.82, 2.24) is 15.1 Å². The first-order valence-electron chi connectivity index (χ1n) is 11.1. The number of H-pyrrole nitrogens is 1. The second-order valence-corrected chi connectivity index (χ2v) is 10.4. The van der Waals surface area contributed by atoms with Crippen molar-refractivity contribution in [2.75, 3.05) is 36.8 Å². The first-order valence-corrected chi connectivity index (χ1v) is 12.5. The fraction of sp³-hybridized carbons (Fsp3) is 0.458. The number of hydrogen-bond acceptors (Lipinski definition) is 4. The second-order valence-electron chi connectivity index (χ2n) is 8.82. The van der Waals surface area contributed by atoms with Crippen LogP contribution in [0.2, 0.25) is 5.02 Å². The highest BCUT2D eigenvalue weighted by Gasteiger charge is 2.43. The molecule has 0 bridgehead atoms. The average molecular weight is 439 g/mol. The molecule has 3 aromatic rings. The molecule has 0 aliphatic carbocycles. The number of rotatable bonds is 4. The summed E-state index contributed by atoms with van der Waals surface area (Å²) in [5.74, 6) is 1.92. The minimum atomic E-state index is 0.669.